The fraction of sp³-hybridized carbons (Fsp3) is 0.367. The van der Waals surface area contributed by atoms with Crippen LogP contribution in [-0.4, -0.2) is 14.3 Å². The summed E-state index contributed by atoms with van der Waals surface area (Å²) in [4.78, 5) is 13.9. The molecule has 2 N–H and O–H groups in total. The second kappa shape index (κ2) is 8.88. The Balaban J connectivity index is 1.21. The monoisotopic (exact) mass is 534 g/mol. The molecular formula is C30H31ClN2O3S. The standard InChI is InChI=1S/C30H31ClN2O3S/c1-20-6-8-23(9-7-20)29-15-21-14-22(16-29)18-30(17-21,19-29)28(34)32-24-10-12-25(13-11-24)37(35,36)33-27-5-3-2-4-26(27)31/h2-13,21-22,33H,14-19H2,1H3,(H,32,34)/t21-,22-,29?,30?/m0/s1. The second-order valence-corrected chi connectivity index (χ2v) is 13.5. The third kappa shape index (κ3) is 4.44. The lowest BCUT2D eigenvalue weighted by Gasteiger charge is -2.61. The molecule has 0 heterocycles. The first-order valence-corrected chi connectivity index (χ1v) is 14.8. The summed E-state index contributed by atoms with van der Waals surface area (Å²) in [7, 11) is -3.81. The number of benzene rings is 3. The van der Waals surface area contributed by atoms with Gasteiger partial charge in [0.25, 0.3) is 10.0 Å². The zero-order valence-electron chi connectivity index (χ0n) is 20.8. The zero-order chi connectivity index (χ0) is 25.8. The highest BCUT2D eigenvalue weighted by atomic mass is 35.5. The molecule has 0 spiro atoms. The van der Waals surface area contributed by atoms with E-state index in [1.807, 2.05) is 0 Å². The van der Waals surface area contributed by atoms with Crippen LogP contribution in [0.3, 0.4) is 0 Å². The number of aryl methyl sites for hydroxylation is 1. The van der Waals surface area contributed by atoms with Crippen LogP contribution in [0, 0.1) is 24.2 Å². The zero-order valence-corrected chi connectivity index (χ0v) is 22.4. The number of hydrogen-bond acceptors (Lipinski definition) is 3. The van der Waals surface area contributed by atoms with Crippen molar-refractivity contribution in [3.8, 4) is 0 Å². The summed E-state index contributed by atoms with van der Waals surface area (Å²) in [6.07, 6.45) is 6.34. The van der Waals surface area contributed by atoms with Crippen molar-refractivity contribution in [1.29, 1.82) is 0 Å². The number of para-hydroxylation sites is 1. The van der Waals surface area contributed by atoms with E-state index < -0.39 is 10.0 Å². The highest BCUT2D eigenvalue weighted by molar-refractivity contribution is 7.92. The highest BCUT2D eigenvalue weighted by Gasteiger charge is 2.60. The van der Waals surface area contributed by atoms with E-state index in [0.717, 1.165) is 19.3 Å². The Labute approximate surface area is 223 Å². The molecule has 4 fully saturated rings. The molecule has 0 radical (unpaired) electrons. The Morgan fingerprint density at radius 1 is 0.892 bits per heavy atom. The molecule has 0 aliphatic heterocycles. The van der Waals surface area contributed by atoms with Gasteiger partial charge in [0.05, 0.1) is 21.0 Å². The average molecular weight is 535 g/mol. The molecule has 4 aliphatic carbocycles. The van der Waals surface area contributed by atoms with Crippen LogP contribution < -0.4 is 10.0 Å². The minimum Gasteiger partial charge on any atom is -0.326 e. The number of anilines is 2. The minimum absolute atomic E-state index is 0.0721. The fourth-order valence-electron chi connectivity index (χ4n) is 7.50. The van der Waals surface area contributed by atoms with Gasteiger partial charge in [-0.15, -0.1) is 0 Å². The smallest absolute Gasteiger partial charge is 0.261 e. The van der Waals surface area contributed by atoms with Crippen molar-refractivity contribution >= 4 is 38.9 Å². The number of nitrogens with one attached hydrogen (secondary N) is 2. The van der Waals surface area contributed by atoms with E-state index >= 15 is 0 Å². The topological polar surface area (TPSA) is 75.3 Å². The first-order valence-electron chi connectivity index (χ1n) is 12.9. The lowest BCUT2D eigenvalue weighted by Crippen LogP contribution is -2.57. The van der Waals surface area contributed by atoms with Crippen LogP contribution in [-0.2, 0) is 20.2 Å². The van der Waals surface area contributed by atoms with Crippen molar-refractivity contribution < 1.29 is 13.2 Å². The number of amides is 1. The maximum atomic E-state index is 13.8. The Morgan fingerprint density at radius 2 is 1.54 bits per heavy atom. The summed E-state index contributed by atoms with van der Waals surface area (Å²) in [6, 6.07) is 22.0. The van der Waals surface area contributed by atoms with Gasteiger partial charge < -0.3 is 5.32 Å². The van der Waals surface area contributed by atoms with Crippen LogP contribution in [0.1, 0.15) is 49.7 Å². The van der Waals surface area contributed by atoms with Crippen molar-refractivity contribution in [3.63, 3.8) is 0 Å². The van der Waals surface area contributed by atoms with Crippen molar-refractivity contribution in [2.45, 2.75) is 55.8 Å². The van der Waals surface area contributed by atoms with Gasteiger partial charge in [0.1, 0.15) is 0 Å². The predicted molar refractivity (Wildman–Crippen MR) is 147 cm³/mol. The minimum atomic E-state index is -3.81. The summed E-state index contributed by atoms with van der Waals surface area (Å²) in [6.45, 7) is 2.11. The lowest BCUT2D eigenvalue weighted by atomic mass is 9.42. The largest absolute Gasteiger partial charge is 0.326 e. The van der Waals surface area contributed by atoms with Gasteiger partial charge in [-0.05, 0) is 105 Å². The molecule has 4 bridgehead atoms. The van der Waals surface area contributed by atoms with E-state index in [4.69, 9.17) is 11.6 Å². The van der Waals surface area contributed by atoms with Crippen LogP contribution in [0.5, 0.6) is 0 Å². The quantitative estimate of drug-likeness (QED) is 0.360. The van der Waals surface area contributed by atoms with Gasteiger partial charge >= 0.3 is 0 Å². The third-order valence-corrected chi connectivity index (χ3v) is 10.5. The Hall–Kier alpha value is -2.83. The number of carbonyl (C=O) groups is 1. The van der Waals surface area contributed by atoms with E-state index in [-0.39, 0.29) is 21.6 Å². The molecule has 0 aromatic heterocycles. The molecule has 0 unspecified atom stereocenters. The molecule has 4 aliphatic rings. The van der Waals surface area contributed by atoms with Crippen molar-refractivity contribution in [1.82, 2.24) is 0 Å². The fourth-order valence-corrected chi connectivity index (χ4v) is 8.82. The van der Waals surface area contributed by atoms with Gasteiger partial charge in [-0.3, -0.25) is 9.52 Å². The molecule has 192 valence electrons. The summed E-state index contributed by atoms with van der Waals surface area (Å²) in [5, 5.41) is 3.47. The van der Waals surface area contributed by atoms with E-state index in [9.17, 15) is 13.2 Å². The van der Waals surface area contributed by atoms with Crippen LogP contribution in [0.15, 0.2) is 77.7 Å². The third-order valence-electron chi connectivity index (χ3n) is 8.75. The molecule has 3 aromatic rings. The molecule has 3 aromatic carbocycles. The lowest BCUT2D eigenvalue weighted by molar-refractivity contribution is -0.143. The molecule has 5 nitrogen and oxygen atoms in total. The van der Waals surface area contributed by atoms with E-state index in [1.165, 1.54) is 42.5 Å². The molecule has 4 saturated carbocycles. The van der Waals surface area contributed by atoms with Gasteiger partial charge in [-0.25, -0.2) is 8.42 Å². The first-order chi connectivity index (χ1) is 17.7. The maximum absolute atomic E-state index is 13.8. The molecule has 7 heteroatoms. The summed E-state index contributed by atoms with van der Waals surface area (Å²) in [5.74, 6) is 1.23. The van der Waals surface area contributed by atoms with Crippen LogP contribution in [0.25, 0.3) is 0 Å². The van der Waals surface area contributed by atoms with E-state index in [1.54, 1.807) is 36.4 Å². The number of sulfonamides is 1. The highest BCUT2D eigenvalue weighted by Crippen LogP contribution is 2.66. The maximum Gasteiger partial charge on any atom is 0.261 e. The van der Waals surface area contributed by atoms with E-state index in [0.29, 0.717) is 28.2 Å². The van der Waals surface area contributed by atoms with Gasteiger partial charge in [0.15, 0.2) is 0 Å². The molecule has 0 saturated heterocycles. The second-order valence-electron chi connectivity index (χ2n) is 11.5. The summed E-state index contributed by atoms with van der Waals surface area (Å²) < 4.78 is 28.2. The van der Waals surface area contributed by atoms with Crippen LogP contribution in [0.4, 0.5) is 11.4 Å². The SMILES string of the molecule is Cc1ccc(C23C[C@@H]4C[C@H](CC(C(=O)Nc5ccc(S(=O)(=O)Nc6ccccc6Cl)cc5)(C4)C2)C3)cc1. The van der Waals surface area contributed by atoms with Crippen molar-refractivity contribution in [2.75, 3.05) is 10.0 Å². The Morgan fingerprint density at radius 3 is 2.19 bits per heavy atom. The van der Waals surface area contributed by atoms with E-state index in [2.05, 4.69) is 41.2 Å². The molecule has 2 atom stereocenters. The summed E-state index contributed by atoms with van der Waals surface area (Å²) in [5.41, 5.74) is 3.29. The average Bonchev–Trinajstić information content (AvgIpc) is 2.85. The number of carbonyl (C=O) groups excluding carboxylic acids is 1. The Bertz CT molecular complexity index is 1440. The van der Waals surface area contributed by atoms with Crippen molar-refractivity contribution in [3.05, 3.63) is 88.9 Å². The number of halogens is 1. The van der Waals surface area contributed by atoms with Gasteiger partial charge in [0, 0.05) is 5.69 Å². The predicted octanol–water partition coefficient (Wildman–Crippen LogP) is 6.93. The first kappa shape index (κ1) is 24.5. The van der Waals surface area contributed by atoms with Gasteiger partial charge in [-0.1, -0.05) is 53.6 Å². The molecule has 7 rings (SSSR count). The van der Waals surface area contributed by atoms with Crippen LogP contribution in [0.2, 0.25) is 5.02 Å². The summed E-state index contributed by atoms with van der Waals surface area (Å²) >= 11 is 6.11. The van der Waals surface area contributed by atoms with Crippen LogP contribution >= 0.6 is 11.6 Å². The number of rotatable bonds is 6. The molecule has 37 heavy (non-hydrogen) atoms. The van der Waals surface area contributed by atoms with Crippen molar-refractivity contribution in [2.24, 2.45) is 17.3 Å². The molecule has 1 amide bonds. The van der Waals surface area contributed by atoms with Gasteiger partial charge in [0.2, 0.25) is 5.91 Å². The van der Waals surface area contributed by atoms with Gasteiger partial charge in [-0.2, -0.15) is 0 Å². The Kier molecular flexibility index (Phi) is 5.88. The normalized spacial score (nSPS) is 28.2. The molecular weight excluding hydrogens is 504 g/mol. The number of hydrogen-bond donors (Lipinski definition) is 2.